The van der Waals surface area contributed by atoms with Crippen molar-refractivity contribution in [2.75, 3.05) is 12.3 Å². The fourth-order valence-electron chi connectivity index (χ4n) is 1.84. The van der Waals surface area contributed by atoms with Crippen LogP contribution in [-0.2, 0) is 21.1 Å². The van der Waals surface area contributed by atoms with Gasteiger partial charge in [0.2, 0.25) is 5.91 Å². The van der Waals surface area contributed by atoms with Gasteiger partial charge in [-0.15, -0.1) is 0 Å². The Bertz CT molecular complexity index is 553. The normalized spacial score (nSPS) is 12.9. The van der Waals surface area contributed by atoms with E-state index in [9.17, 15) is 13.2 Å². The van der Waals surface area contributed by atoms with E-state index >= 15 is 0 Å². The highest BCUT2D eigenvalue weighted by molar-refractivity contribution is 14.1. The van der Waals surface area contributed by atoms with Gasteiger partial charge >= 0.3 is 0 Å². The average Bonchev–Trinajstić information content (AvgIpc) is 2.44. The quantitative estimate of drug-likeness (QED) is 0.398. The molecule has 21 heavy (non-hydrogen) atoms. The minimum Gasteiger partial charge on any atom is -0.356 e. The molecular formula is C15H22INO3S. The van der Waals surface area contributed by atoms with Gasteiger partial charge in [0.05, 0.1) is 17.1 Å². The Labute approximate surface area is 140 Å². The van der Waals surface area contributed by atoms with Crippen LogP contribution in [0.15, 0.2) is 29.2 Å². The molecule has 0 bridgehead atoms. The van der Waals surface area contributed by atoms with Crippen molar-refractivity contribution in [1.82, 2.24) is 5.32 Å². The summed E-state index contributed by atoms with van der Waals surface area (Å²) < 4.78 is 24.0. The molecular weight excluding hydrogens is 401 g/mol. The Morgan fingerprint density at radius 2 is 1.90 bits per heavy atom. The summed E-state index contributed by atoms with van der Waals surface area (Å²) in [7, 11) is -3.17. The molecule has 0 fully saturated rings. The van der Waals surface area contributed by atoms with E-state index in [-0.39, 0.29) is 18.1 Å². The molecule has 0 saturated carbocycles. The monoisotopic (exact) mass is 423 g/mol. The van der Waals surface area contributed by atoms with Crippen LogP contribution in [0.2, 0.25) is 0 Å². The first-order valence-corrected chi connectivity index (χ1v) is 9.97. The van der Waals surface area contributed by atoms with E-state index in [0.717, 1.165) is 18.4 Å². The van der Waals surface area contributed by atoms with Crippen LogP contribution in [0.5, 0.6) is 0 Å². The van der Waals surface area contributed by atoms with Crippen LogP contribution in [0.1, 0.15) is 32.3 Å². The first-order valence-electron chi connectivity index (χ1n) is 7.07. The van der Waals surface area contributed by atoms with Gasteiger partial charge in [0, 0.05) is 10.5 Å². The Balaban J connectivity index is 2.47. The van der Waals surface area contributed by atoms with Crippen molar-refractivity contribution in [2.45, 2.75) is 41.9 Å². The molecule has 0 aromatic heterocycles. The molecule has 1 aromatic carbocycles. The van der Waals surface area contributed by atoms with Crippen molar-refractivity contribution in [2.24, 2.45) is 0 Å². The van der Waals surface area contributed by atoms with Gasteiger partial charge in [0.15, 0.2) is 9.84 Å². The molecule has 0 radical (unpaired) electrons. The van der Waals surface area contributed by atoms with Crippen LogP contribution in [0, 0.1) is 0 Å². The molecule has 0 aliphatic carbocycles. The fraction of sp³-hybridized carbons (Fsp3) is 0.533. The second kappa shape index (κ2) is 8.73. The molecule has 0 aliphatic rings. The second-order valence-corrected chi connectivity index (χ2v) is 9.40. The lowest BCUT2D eigenvalue weighted by molar-refractivity contribution is -0.120. The van der Waals surface area contributed by atoms with Gasteiger partial charge in [-0.25, -0.2) is 8.42 Å². The predicted octanol–water partition coefficient (Wildman–Crippen LogP) is 2.74. The standard InChI is InChI=1S/C15H22INO3S/c1-3-21(19,20)14-8-6-13(7-9-14)11-15(18)17-10-4-5-12(2)16/h6-9,12H,3-5,10-11H2,1-2H3,(H,17,18). The highest BCUT2D eigenvalue weighted by Crippen LogP contribution is 2.12. The van der Waals surface area contributed by atoms with E-state index in [1.807, 2.05) is 0 Å². The lowest BCUT2D eigenvalue weighted by atomic mass is 10.1. The Morgan fingerprint density at radius 1 is 1.29 bits per heavy atom. The van der Waals surface area contributed by atoms with Crippen LogP contribution >= 0.6 is 22.6 Å². The first-order chi connectivity index (χ1) is 9.85. The molecule has 6 heteroatoms. The number of rotatable bonds is 8. The predicted molar refractivity (Wildman–Crippen MR) is 93.6 cm³/mol. The van der Waals surface area contributed by atoms with Gasteiger partial charge in [-0.05, 0) is 30.5 Å². The second-order valence-electron chi connectivity index (χ2n) is 5.00. The van der Waals surface area contributed by atoms with Crippen LogP contribution in [0.25, 0.3) is 0 Å². The maximum absolute atomic E-state index is 11.8. The maximum Gasteiger partial charge on any atom is 0.224 e. The van der Waals surface area contributed by atoms with E-state index in [1.54, 1.807) is 31.2 Å². The van der Waals surface area contributed by atoms with Crippen molar-refractivity contribution in [3.8, 4) is 0 Å². The van der Waals surface area contributed by atoms with Crippen molar-refractivity contribution in [3.05, 3.63) is 29.8 Å². The number of nitrogens with one attached hydrogen (secondary N) is 1. The molecule has 4 nitrogen and oxygen atoms in total. The summed E-state index contributed by atoms with van der Waals surface area (Å²) in [5.74, 6) is 0.0597. The third-order valence-corrected chi connectivity index (χ3v) is 5.50. The van der Waals surface area contributed by atoms with Gasteiger partial charge in [-0.2, -0.15) is 0 Å². The SMILES string of the molecule is CCS(=O)(=O)c1ccc(CC(=O)NCCCC(C)I)cc1. The minimum absolute atomic E-state index is 0.0257. The lowest BCUT2D eigenvalue weighted by Gasteiger charge is -2.07. The summed E-state index contributed by atoms with van der Waals surface area (Å²) >= 11 is 2.37. The topological polar surface area (TPSA) is 63.2 Å². The first kappa shape index (κ1) is 18.4. The van der Waals surface area contributed by atoms with Gasteiger partial charge in [-0.1, -0.05) is 48.6 Å². The van der Waals surface area contributed by atoms with E-state index in [1.165, 1.54) is 0 Å². The van der Waals surface area contributed by atoms with Crippen LogP contribution in [-0.4, -0.2) is 30.5 Å². The fourth-order valence-corrected chi connectivity index (χ4v) is 3.16. The highest BCUT2D eigenvalue weighted by Gasteiger charge is 2.11. The zero-order chi connectivity index (χ0) is 15.9. The number of halogens is 1. The molecule has 1 atom stereocenters. The number of alkyl halides is 1. The summed E-state index contributed by atoms with van der Waals surface area (Å²) in [5, 5.41) is 2.88. The van der Waals surface area contributed by atoms with Gasteiger partial charge in [0.25, 0.3) is 0 Å². The van der Waals surface area contributed by atoms with E-state index in [0.29, 0.717) is 15.4 Å². The highest BCUT2D eigenvalue weighted by atomic mass is 127. The largest absolute Gasteiger partial charge is 0.356 e. The minimum atomic E-state index is -3.17. The third kappa shape index (κ3) is 6.78. The Morgan fingerprint density at radius 3 is 2.43 bits per heavy atom. The average molecular weight is 423 g/mol. The Hall–Kier alpha value is -0.630. The summed E-state index contributed by atoms with van der Waals surface area (Å²) in [6.45, 7) is 4.45. The van der Waals surface area contributed by atoms with Gasteiger partial charge in [0.1, 0.15) is 0 Å². The molecule has 118 valence electrons. The number of hydrogen-bond donors (Lipinski definition) is 1. The van der Waals surface area contributed by atoms with E-state index in [2.05, 4.69) is 34.8 Å². The number of sulfone groups is 1. The van der Waals surface area contributed by atoms with E-state index < -0.39 is 9.84 Å². The number of amides is 1. The Kier molecular flexibility index (Phi) is 7.65. The maximum atomic E-state index is 11.8. The molecule has 1 rings (SSSR count). The van der Waals surface area contributed by atoms with Crippen LogP contribution < -0.4 is 5.32 Å². The molecule has 1 aromatic rings. The molecule has 1 amide bonds. The summed E-state index contributed by atoms with van der Waals surface area (Å²) in [4.78, 5) is 12.1. The van der Waals surface area contributed by atoms with Crippen LogP contribution in [0.4, 0.5) is 0 Å². The van der Waals surface area contributed by atoms with E-state index in [4.69, 9.17) is 0 Å². The van der Waals surface area contributed by atoms with Crippen molar-refractivity contribution < 1.29 is 13.2 Å². The molecule has 1 N–H and O–H groups in total. The summed E-state index contributed by atoms with van der Waals surface area (Å²) in [6.07, 6.45) is 2.35. The smallest absolute Gasteiger partial charge is 0.224 e. The van der Waals surface area contributed by atoms with Crippen molar-refractivity contribution >= 4 is 38.3 Å². The van der Waals surface area contributed by atoms with Crippen LogP contribution in [0.3, 0.4) is 0 Å². The number of benzene rings is 1. The number of carbonyl (C=O) groups is 1. The third-order valence-electron chi connectivity index (χ3n) is 3.13. The van der Waals surface area contributed by atoms with Gasteiger partial charge < -0.3 is 5.32 Å². The molecule has 1 unspecified atom stereocenters. The lowest BCUT2D eigenvalue weighted by Crippen LogP contribution is -2.26. The zero-order valence-corrected chi connectivity index (χ0v) is 15.4. The molecule has 0 aliphatic heterocycles. The zero-order valence-electron chi connectivity index (χ0n) is 12.4. The van der Waals surface area contributed by atoms with Crippen molar-refractivity contribution in [1.29, 1.82) is 0 Å². The summed E-state index contributed by atoms with van der Waals surface area (Å²) in [6, 6.07) is 6.54. The molecule has 0 heterocycles. The number of hydrogen-bond acceptors (Lipinski definition) is 3. The van der Waals surface area contributed by atoms with Gasteiger partial charge in [-0.3, -0.25) is 4.79 Å². The number of carbonyl (C=O) groups excluding carboxylic acids is 1. The summed E-state index contributed by atoms with van der Waals surface area (Å²) in [5.41, 5.74) is 0.824. The van der Waals surface area contributed by atoms with Crippen molar-refractivity contribution in [3.63, 3.8) is 0 Å². The molecule has 0 spiro atoms. The molecule has 0 saturated heterocycles.